The van der Waals surface area contributed by atoms with Crippen LogP contribution in [-0.2, 0) is 9.53 Å². The second-order valence-electron chi connectivity index (χ2n) is 4.25. The highest BCUT2D eigenvalue weighted by Gasteiger charge is 2.48. The van der Waals surface area contributed by atoms with Gasteiger partial charge in [-0.1, -0.05) is 0 Å². The second-order valence-corrected chi connectivity index (χ2v) is 4.25. The van der Waals surface area contributed by atoms with E-state index < -0.39 is 0 Å². The summed E-state index contributed by atoms with van der Waals surface area (Å²) >= 11 is 0. The molecule has 13 heavy (non-hydrogen) atoms. The highest BCUT2D eigenvalue weighted by molar-refractivity contribution is 5.66. The van der Waals surface area contributed by atoms with E-state index in [1.165, 1.54) is 19.8 Å². The molecule has 0 aromatic rings. The molecular weight excluding hydrogens is 168 g/mol. The van der Waals surface area contributed by atoms with Gasteiger partial charge in [0, 0.05) is 19.4 Å². The number of carbonyl (C=O) groups is 1. The zero-order chi connectivity index (χ0) is 9.42. The van der Waals surface area contributed by atoms with Gasteiger partial charge in [0.15, 0.2) is 0 Å². The SMILES string of the molecule is CC(=O)O[C@H]1[C@H]2CC[C@H](C2)[C@H]1CO. The minimum absolute atomic E-state index is 0.00116. The van der Waals surface area contributed by atoms with Crippen LogP contribution in [0.2, 0.25) is 0 Å². The molecule has 2 aliphatic rings. The van der Waals surface area contributed by atoms with Crippen LogP contribution in [-0.4, -0.2) is 23.8 Å². The lowest BCUT2D eigenvalue weighted by atomic mass is 9.87. The fourth-order valence-corrected chi connectivity index (χ4v) is 2.99. The maximum absolute atomic E-state index is 10.8. The molecule has 0 saturated heterocycles. The van der Waals surface area contributed by atoms with Gasteiger partial charge in [-0.3, -0.25) is 4.79 Å². The summed E-state index contributed by atoms with van der Waals surface area (Å²) in [7, 11) is 0. The Hall–Kier alpha value is -0.570. The summed E-state index contributed by atoms with van der Waals surface area (Å²) in [6, 6.07) is 0. The first kappa shape index (κ1) is 9.00. The van der Waals surface area contributed by atoms with Gasteiger partial charge >= 0.3 is 5.97 Å². The molecule has 3 heteroatoms. The molecule has 0 radical (unpaired) electrons. The second kappa shape index (κ2) is 3.29. The van der Waals surface area contributed by atoms with Crippen molar-refractivity contribution in [1.29, 1.82) is 0 Å². The number of hydrogen-bond acceptors (Lipinski definition) is 3. The Kier molecular flexibility index (Phi) is 2.28. The van der Waals surface area contributed by atoms with Crippen molar-refractivity contribution in [2.45, 2.75) is 32.3 Å². The van der Waals surface area contributed by atoms with Gasteiger partial charge in [0.1, 0.15) is 6.10 Å². The maximum Gasteiger partial charge on any atom is 0.302 e. The molecule has 1 N–H and O–H groups in total. The predicted molar refractivity (Wildman–Crippen MR) is 47.0 cm³/mol. The summed E-state index contributed by atoms with van der Waals surface area (Å²) in [6.07, 6.45) is 3.51. The molecule has 0 aromatic carbocycles. The quantitative estimate of drug-likeness (QED) is 0.650. The number of fused-ring (bicyclic) bond motifs is 2. The van der Waals surface area contributed by atoms with Gasteiger partial charge in [-0.05, 0) is 31.1 Å². The number of hydrogen-bond donors (Lipinski definition) is 1. The first-order chi connectivity index (χ1) is 6.22. The lowest BCUT2D eigenvalue weighted by molar-refractivity contribution is -0.152. The Labute approximate surface area is 78.1 Å². The Morgan fingerprint density at radius 3 is 2.77 bits per heavy atom. The van der Waals surface area contributed by atoms with Gasteiger partial charge in [-0.25, -0.2) is 0 Å². The summed E-state index contributed by atoms with van der Waals surface area (Å²) in [4.78, 5) is 10.8. The Morgan fingerprint density at radius 1 is 1.46 bits per heavy atom. The van der Waals surface area contributed by atoms with Gasteiger partial charge in [-0.15, -0.1) is 0 Å². The van der Waals surface area contributed by atoms with E-state index in [1.54, 1.807) is 0 Å². The molecule has 0 spiro atoms. The molecule has 2 fully saturated rings. The Morgan fingerprint density at radius 2 is 2.15 bits per heavy atom. The Balaban J connectivity index is 2.04. The first-order valence-electron chi connectivity index (χ1n) is 5.00. The van der Waals surface area contributed by atoms with Gasteiger partial charge in [-0.2, -0.15) is 0 Å². The van der Waals surface area contributed by atoms with Crippen LogP contribution >= 0.6 is 0 Å². The number of aliphatic hydroxyl groups is 1. The number of rotatable bonds is 2. The fraction of sp³-hybridized carbons (Fsp3) is 0.900. The van der Waals surface area contributed by atoms with Crippen LogP contribution in [0, 0.1) is 17.8 Å². The molecule has 74 valence electrons. The van der Waals surface area contributed by atoms with Crippen LogP contribution in [0.4, 0.5) is 0 Å². The van der Waals surface area contributed by atoms with Crippen LogP contribution in [0.5, 0.6) is 0 Å². The summed E-state index contributed by atoms with van der Waals surface area (Å²) < 4.78 is 5.25. The average molecular weight is 184 g/mol. The number of ether oxygens (including phenoxy) is 1. The standard InChI is InChI=1S/C10H16O3/c1-6(12)13-10-8-3-2-7(4-8)9(10)5-11/h7-11H,2-5H2,1H3/t7-,8+,9-,10+/m1/s1. The van der Waals surface area contributed by atoms with Crippen molar-refractivity contribution in [3.63, 3.8) is 0 Å². The van der Waals surface area contributed by atoms with Gasteiger partial charge in [0.05, 0.1) is 0 Å². The van der Waals surface area contributed by atoms with E-state index in [2.05, 4.69) is 0 Å². The first-order valence-corrected chi connectivity index (χ1v) is 5.00. The van der Waals surface area contributed by atoms with Gasteiger partial charge in [0.2, 0.25) is 0 Å². The van der Waals surface area contributed by atoms with E-state index in [9.17, 15) is 9.90 Å². The molecule has 0 heterocycles. The van der Waals surface area contributed by atoms with Crippen LogP contribution < -0.4 is 0 Å². The van der Waals surface area contributed by atoms with Crippen molar-refractivity contribution < 1.29 is 14.6 Å². The van der Waals surface area contributed by atoms with Crippen LogP contribution in [0.15, 0.2) is 0 Å². The number of aliphatic hydroxyl groups excluding tert-OH is 1. The number of esters is 1. The molecule has 4 atom stereocenters. The Bertz CT molecular complexity index is 214. The summed E-state index contributed by atoms with van der Waals surface area (Å²) in [5.41, 5.74) is 0. The third-order valence-corrected chi connectivity index (χ3v) is 3.52. The minimum atomic E-state index is -0.212. The maximum atomic E-state index is 10.8. The molecule has 2 aliphatic carbocycles. The summed E-state index contributed by atoms with van der Waals surface area (Å²) in [6.45, 7) is 1.61. The van der Waals surface area contributed by atoms with Crippen LogP contribution in [0.25, 0.3) is 0 Å². The zero-order valence-electron chi connectivity index (χ0n) is 7.90. The lowest BCUT2D eigenvalue weighted by Gasteiger charge is -2.28. The van der Waals surface area contributed by atoms with E-state index in [4.69, 9.17) is 4.74 Å². The average Bonchev–Trinajstić information content (AvgIpc) is 2.62. The van der Waals surface area contributed by atoms with E-state index in [-0.39, 0.29) is 24.6 Å². The third kappa shape index (κ3) is 1.46. The predicted octanol–water partition coefficient (Wildman–Crippen LogP) is 0.956. The van der Waals surface area contributed by atoms with Crippen molar-refractivity contribution in [3.05, 3.63) is 0 Å². The lowest BCUT2D eigenvalue weighted by Crippen LogP contribution is -2.33. The van der Waals surface area contributed by atoms with Crippen molar-refractivity contribution in [2.75, 3.05) is 6.61 Å². The highest BCUT2D eigenvalue weighted by Crippen LogP contribution is 2.49. The van der Waals surface area contributed by atoms with E-state index in [0.717, 1.165) is 6.42 Å². The molecule has 0 aromatic heterocycles. The third-order valence-electron chi connectivity index (χ3n) is 3.52. The molecule has 2 saturated carbocycles. The van der Waals surface area contributed by atoms with Crippen molar-refractivity contribution in [3.8, 4) is 0 Å². The zero-order valence-corrected chi connectivity index (χ0v) is 7.90. The molecule has 2 rings (SSSR count). The number of carbonyl (C=O) groups excluding carboxylic acids is 1. The fourth-order valence-electron chi connectivity index (χ4n) is 2.99. The summed E-state index contributed by atoms with van der Waals surface area (Å²) in [5, 5.41) is 9.18. The molecular formula is C10H16O3. The van der Waals surface area contributed by atoms with Crippen molar-refractivity contribution >= 4 is 5.97 Å². The molecule has 0 unspecified atom stereocenters. The topological polar surface area (TPSA) is 46.5 Å². The van der Waals surface area contributed by atoms with E-state index >= 15 is 0 Å². The van der Waals surface area contributed by atoms with Crippen molar-refractivity contribution in [1.82, 2.24) is 0 Å². The van der Waals surface area contributed by atoms with Gasteiger partial charge < -0.3 is 9.84 Å². The van der Waals surface area contributed by atoms with Crippen LogP contribution in [0.1, 0.15) is 26.2 Å². The molecule has 0 aliphatic heterocycles. The van der Waals surface area contributed by atoms with Crippen LogP contribution in [0.3, 0.4) is 0 Å². The highest BCUT2D eigenvalue weighted by atomic mass is 16.5. The van der Waals surface area contributed by atoms with Gasteiger partial charge in [0.25, 0.3) is 0 Å². The molecule has 0 amide bonds. The molecule has 2 bridgehead atoms. The van der Waals surface area contributed by atoms with Crippen molar-refractivity contribution in [2.24, 2.45) is 17.8 Å². The normalized spacial score (nSPS) is 42.3. The smallest absolute Gasteiger partial charge is 0.302 e. The van der Waals surface area contributed by atoms with E-state index in [0.29, 0.717) is 11.8 Å². The monoisotopic (exact) mass is 184 g/mol. The minimum Gasteiger partial charge on any atom is -0.462 e. The largest absolute Gasteiger partial charge is 0.462 e. The summed E-state index contributed by atoms with van der Waals surface area (Å²) in [5.74, 6) is 1.11. The van der Waals surface area contributed by atoms with E-state index in [1.807, 2.05) is 0 Å². The molecule has 3 nitrogen and oxygen atoms in total.